The molecule has 0 bridgehead atoms. The normalized spacial score (nSPS) is 9.79. The highest BCUT2D eigenvalue weighted by molar-refractivity contribution is 7.80. The molecule has 0 amide bonds. The minimum absolute atomic E-state index is 0.00231. The number of rotatable bonds is 2. The Hall–Kier alpha value is -1.33. The van der Waals surface area contributed by atoms with Gasteiger partial charge in [0, 0.05) is 5.56 Å². The third kappa shape index (κ3) is 1.78. The van der Waals surface area contributed by atoms with Crippen molar-refractivity contribution < 1.29 is 9.90 Å². The predicted octanol–water partition coefficient (Wildman–Crippen LogP) is 1.25. The summed E-state index contributed by atoms with van der Waals surface area (Å²) in [4.78, 5) is 10.8. The van der Waals surface area contributed by atoms with Gasteiger partial charge in [-0.1, -0.05) is 23.8 Å². The zero-order chi connectivity index (χ0) is 10.9. The van der Waals surface area contributed by atoms with Gasteiger partial charge in [0.15, 0.2) is 0 Å². The molecule has 0 aliphatic heterocycles. The number of benzene rings is 1. The lowest BCUT2D eigenvalue weighted by atomic mass is 10.1. The highest BCUT2D eigenvalue weighted by Crippen LogP contribution is 2.25. The summed E-state index contributed by atoms with van der Waals surface area (Å²) in [5.41, 5.74) is 11.1. The molecule has 0 unspecified atom stereocenters. The molecule has 0 aromatic heterocycles. The molecule has 74 valence electrons. The molecule has 4 nitrogen and oxygen atoms in total. The molecule has 0 radical (unpaired) electrons. The summed E-state index contributed by atoms with van der Waals surface area (Å²) in [6, 6.07) is 2.89. The molecule has 6 heteroatoms. The van der Waals surface area contributed by atoms with Gasteiger partial charge >= 0.3 is 5.97 Å². The van der Waals surface area contributed by atoms with E-state index in [1.54, 1.807) is 0 Å². The first-order valence-corrected chi connectivity index (χ1v) is 4.35. The number of halogens is 1. The van der Waals surface area contributed by atoms with E-state index in [2.05, 4.69) is 0 Å². The van der Waals surface area contributed by atoms with E-state index in [9.17, 15) is 4.79 Å². The van der Waals surface area contributed by atoms with Crippen LogP contribution in [-0.4, -0.2) is 16.1 Å². The van der Waals surface area contributed by atoms with Crippen LogP contribution >= 0.6 is 23.8 Å². The van der Waals surface area contributed by atoms with Crippen LogP contribution in [0.2, 0.25) is 5.02 Å². The Morgan fingerprint density at radius 2 is 2.07 bits per heavy atom. The van der Waals surface area contributed by atoms with E-state index in [0.717, 1.165) is 0 Å². The molecule has 1 aromatic rings. The van der Waals surface area contributed by atoms with E-state index in [-0.39, 0.29) is 21.3 Å². The quantitative estimate of drug-likeness (QED) is 0.526. The lowest BCUT2D eigenvalue weighted by molar-refractivity contribution is 0.0698. The average molecular weight is 231 g/mol. The second-order valence-corrected chi connectivity index (χ2v) is 3.40. The van der Waals surface area contributed by atoms with Gasteiger partial charge in [0.2, 0.25) is 0 Å². The van der Waals surface area contributed by atoms with Crippen LogP contribution in [0.3, 0.4) is 0 Å². The molecule has 14 heavy (non-hydrogen) atoms. The van der Waals surface area contributed by atoms with E-state index in [1.807, 2.05) is 0 Å². The fourth-order valence-electron chi connectivity index (χ4n) is 1.03. The molecule has 0 atom stereocenters. The largest absolute Gasteiger partial charge is 0.478 e. The van der Waals surface area contributed by atoms with E-state index in [4.69, 9.17) is 40.4 Å². The summed E-state index contributed by atoms with van der Waals surface area (Å²) < 4.78 is 0. The van der Waals surface area contributed by atoms with Crippen LogP contribution in [0.1, 0.15) is 15.9 Å². The molecule has 0 saturated heterocycles. The van der Waals surface area contributed by atoms with Crippen molar-refractivity contribution in [3.05, 3.63) is 28.3 Å². The van der Waals surface area contributed by atoms with Gasteiger partial charge in [-0.3, -0.25) is 0 Å². The lowest BCUT2D eigenvalue weighted by Gasteiger charge is -2.08. The van der Waals surface area contributed by atoms with Gasteiger partial charge in [0.25, 0.3) is 0 Å². The van der Waals surface area contributed by atoms with Crippen molar-refractivity contribution in [3.8, 4) is 0 Å². The summed E-state index contributed by atoms with van der Waals surface area (Å²) in [5.74, 6) is -1.20. The molecule has 0 aliphatic rings. The number of hydrogen-bond acceptors (Lipinski definition) is 3. The van der Waals surface area contributed by atoms with Gasteiger partial charge in [-0.15, -0.1) is 0 Å². The highest BCUT2D eigenvalue weighted by atomic mass is 35.5. The Bertz CT molecular complexity index is 420. The van der Waals surface area contributed by atoms with Gasteiger partial charge in [0.05, 0.1) is 10.7 Å². The second kappa shape index (κ2) is 3.81. The molecular weight excluding hydrogens is 224 g/mol. The van der Waals surface area contributed by atoms with Crippen molar-refractivity contribution in [2.24, 2.45) is 5.73 Å². The summed E-state index contributed by atoms with van der Waals surface area (Å²) >= 11 is 10.4. The summed E-state index contributed by atoms with van der Waals surface area (Å²) in [5, 5.41) is 8.87. The molecule has 0 fully saturated rings. The Morgan fingerprint density at radius 3 is 2.50 bits per heavy atom. The summed E-state index contributed by atoms with van der Waals surface area (Å²) in [6.45, 7) is 0. The molecule has 5 N–H and O–H groups in total. The SMILES string of the molecule is NC(=S)c1ccc(Cl)c(C(=O)O)c1N. The minimum Gasteiger partial charge on any atom is -0.478 e. The second-order valence-electron chi connectivity index (χ2n) is 2.55. The van der Waals surface area contributed by atoms with Crippen molar-refractivity contribution in [2.75, 3.05) is 5.73 Å². The van der Waals surface area contributed by atoms with Crippen LogP contribution in [0.4, 0.5) is 5.69 Å². The topological polar surface area (TPSA) is 89.3 Å². The molecule has 0 heterocycles. The zero-order valence-electron chi connectivity index (χ0n) is 6.95. The van der Waals surface area contributed by atoms with E-state index in [1.165, 1.54) is 12.1 Å². The van der Waals surface area contributed by atoms with Crippen molar-refractivity contribution in [3.63, 3.8) is 0 Å². The van der Waals surface area contributed by atoms with Gasteiger partial charge in [-0.2, -0.15) is 0 Å². The minimum atomic E-state index is -1.20. The van der Waals surface area contributed by atoms with Crippen LogP contribution < -0.4 is 11.5 Å². The monoisotopic (exact) mass is 230 g/mol. The number of nitrogen functional groups attached to an aromatic ring is 1. The van der Waals surface area contributed by atoms with Crippen LogP contribution in [-0.2, 0) is 0 Å². The molecule has 0 aliphatic carbocycles. The molecule has 1 rings (SSSR count). The van der Waals surface area contributed by atoms with Crippen molar-refractivity contribution >= 4 is 40.5 Å². The Labute approximate surface area is 90.5 Å². The van der Waals surface area contributed by atoms with Gasteiger partial charge < -0.3 is 16.6 Å². The lowest BCUT2D eigenvalue weighted by Crippen LogP contribution is -2.15. The summed E-state index contributed by atoms with van der Waals surface area (Å²) in [7, 11) is 0. The first kappa shape index (κ1) is 10.7. The average Bonchev–Trinajstić information content (AvgIpc) is 2.02. The molecule has 0 spiro atoms. The van der Waals surface area contributed by atoms with Crippen molar-refractivity contribution in [1.29, 1.82) is 0 Å². The third-order valence-corrected chi connectivity index (χ3v) is 2.21. The number of aromatic carboxylic acids is 1. The maximum absolute atomic E-state index is 10.8. The smallest absolute Gasteiger partial charge is 0.339 e. The fraction of sp³-hybridized carbons (Fsp3) is 0. The van der Waals surface area contributed by atoms with Gasteiger partial charge in [-0.05, 0) is 12.1 Å². The zero-order valence-corrected chi connectivity index (χ0v) is 8.52. The number of carboxylic acid groups (broad SMARTS) is 1. The van der Waals surface area contributed by atoms with Crippen LogP contribution in [0.25, 0.3) is 0 Å². The number of nitrogens with two attached hydrogens (primary N) is 2. The third-order valence-electron chi connectivity index (χ3n) is 1.67. The first-order chi connectivity index (χ1) is 6.45. The summed E-state index contributed by atoms with van der Waals surface area (Å²) in [6.07, 6.45) is 0. The van der Waals surface area contributed by atoms with Crippen LogP contribution in [0.15, 0.2) is 12.1 Å². The van der Waals surface area contributed by atoms with Crippen molar-refractivity contribution in [1.82, 2.24) is 0 Å². The standard InChI is InChI=1S/C8H7ClN2O2S/c9-4-2-1-3(7(11)14)6(10)5(4)8(12)13/h1-2H,10H2,(H2,11,14)(H,12,13). The number of carboxylic acids is 1. The van der Waals surface area contributed by atoms with Gasteiger partial charge in [-0.25, -0.2) is 4.79 Å². The van der Waals surface area contributed by atoms with Gasteiger partial charge in [0.1, 0.15) is 10.6 Å². The number of anilines is 1. The maximum atomic E-state index is 10.8. The molecular formula is C8H7ClN2O2S. The maximum Gasteiger partial charge on any atom is 0.339 e. The Balaban J connectivity index is 3.49. The number of carbonyl (C=O) groups is 1. The van der Waals surface area contributed by atoms with Crippen LogP contribution in [0.5, 0.6) is 0 Å². The highest BCUT2D eigenvalue weighted by Gasteiger charge is 2.16. The fourth-order valence-corrected chi connectivity index (χ4v) is 1.45. The molecule has 1 aromatic carbocycles. The number of thiocarbonyl (C=S) groups is 1. The van der Waals surface area contributed by atoms with Crippen LogP contribution in [0, 0.1) is 0 Å². The Morgan fingerprint density at radius 1 is 1.50 bits per heavy atom. The number of hydrogen-bond donors (Lipinski definition) is 3. The van der Waals surface area contributed by atoms with E-state index < -0.39 is 5.97 Å². The van der Waals surface area contributed by atoms with E-state index >= 15 is 0 Å². The Kier molecular flexibility index (Phi) is 2.93. The first-order valence-electron chi connectivity index (χ1n) is 3.56. The predicted molar refractivity (Wildman–Crippen MR) is 58.7 cm³/mol. The van der Waals surface area contributed by atoms with Crippen molar-refractivity contribution in [2.45, 2.75) is 0 Å². The molecule has 0 saturated carbocycles. The van der Waals surface area contributed by atoms with E-state index in [0.29, 0.717) is 5.56 Å².